The highest BCUT2D eigenvalue weighted by Crippen LogP contribution is 2.20. The summed E-state index contributed by atoms with van der Waals surface area (Å²) in [6, 6.07) is 12.2. The average Bonchev–Trinajstić information content (AvgIpc) is 3.01. The number of benzene rings is 2. The molecule has 1 amide bonds. The molecule has 1 aromatic heterocycles. The molecule has 0 saturated carbocycles. The van der Waals surface area contributed by atoms with Gasteiger partial charge < -0.3 is 10.1 Å². The lowest BCUT2D eigenvalue weighted by molar-refractivity contribution is -0.116. The fourth-order valence-electron chi connectivity index (χ4n) is 2.70. The van der Waals surface area contributed by atoms with Gasteiger partial charge in [0.15, 0.2) is 11.6 Å². The molecule has 0 bridgehead atoms. The van der Waals surface area contributed by atoms with Gasteiger partial charge in [-0.1, -0.05) is 6.07 Å². The average molecular weight is 371 g/mol. The molecule has 0 radical (unpaired) electrons. The van der Waals surface area contributed by atoms with Crippen molar-refractivity contribution in [3.63, 3.8) is 0 Å². The van der Waals surface area contributed by atoms with E-state index in [0.29, 0.717) is 29.2 Å². The molecule has 7 heteroatoms. The van der Waals surface area contributed by atoms with Crippen LogP contribution in [-0.4, -0.2) is 22.8 Å². The van der Waals surface area contributed by atoms with Crippen LogP contribution >= 0.6 is 0 Å². The summed E-state index contributed by atoms with van der Waals surface area (Å²) in [6.07, 6.45) is 0.565. The van der Waals surface area contributed by atoms with E-state index in [0.717, 1.165) is 0 Å². The molecule has 0 unspecified atom stereocenters. The molecular formula is C20H19F2N3O2. The number of nitrogens with one attached hydrogen (secondary N) is 1. The van der Waals surface area contributed by atoms with Crippen LogP contribution in [0.1, 0.15) is 17.7 Å². The van der Waals surface area contributed by atoms with Crippen LogP contribution in [0.2, 0.25) is 0 Å². The normalized spacial score (nSPS) is 10.7. The Bertz CT molecular complexity index is 952. The topological polar surface area (TPSA) is 56.1 Å². The van der Waals surface area contributed by atoms with Crippen LogP contribution in [0.3, 0.4) is 0 Å². The first-order valence-electron chi connectivity index (χ1n) is 8.41. The maximum atomic E-state index is 13.7. The highest BCUT2D eigenvalue weighted by Gasteiger charge is 2.12. The second kappa shape index (κ2) is 7.99. The van der Waals surface area contributed by atoms with Crippen LogP contribution in [-0.2, 0) is 11.2 Å². The summed E-state index contributed by atoms with van der Waals surface area (Å²) < 4.78 is 33.3. The number of rotatable bonds is 6. The van der Waals surface area contributed by atoms with Crippen molar-refractivity contribution in [2.75, 3.05) is 12.4 Å². The second-order valence-corrected chi connectivity index (χ2v) is 6.08. The summed E-state index contributed by atoms with van der Waals surface area (Å²) in [6.45, 7) is 1.80. The lowest BCUT2D eigenvalue weighted by Gasteiger charge is -2.09. The third-order valence-corrected chi connectivity index (χ3v) is 4.03. The Hall–Kier alpha value is -3.22. The van der Waals surface area contributed by atoms with Crippen LogP contribution in [0.4, 0.5) is 14.6 Å². The van der Waals surface area contributed by atoms with Gasteiger partial charge in [0.2, 0.25) is 5.91 Å². The minimum absolute atomic E-state index is 0.168. The first kappa shape index (κ1) is 18.6. The van der Waals surface area contributed by atoms with Gasteiger partial charge in [-0.2, -0.15) is 5.10 Å². The van der Waals surface area contributed by atoms with Crippen molar-refractivity contribution in [1.29, 1.82) is 0 Å². The highest BCUT2D eigenvalue weighted by atomic mass is 19.1. The summed E-state index contributed by atoms with van der Waals surface area (Å²) in [5, 5.41) is 7.13. The number of methoxy groups -OCH3 is 1. The van der Waals surface area contributed by atoms with Gasteiger partial charge >= 0.3 is 0 Å². The number of aryl methyl sites for hydroxylation is 2. The lowest BCUT2D eigenvalue weighted by atomic mass is 10.1. The molecule has 27 heavy (non-hydrogen) atoms. The van der Waals surface area contributed by atoms with Crippen molar-refractivity contribution < 1.29 is 18.3 Å². The Morgan fingerprint density at radius 3 is 2.56 bits per heavy atom. The fourth-order valence-corrected chi connectivity index (χ4v) is 2.70. The molecule has 140 valence electrons. The quantitative estimate of drug-likeness (QED) is 0.712. The van der Waals surface area contributed by atoms with Crippen LogP contribution in [0.25, 0.3) is 5.69 Å². The smallest absolute Gasteiger partial charge is 0.225 e. The van der Waals surface area contributed by atoms with Gasteiger partial charge in [0.1, 0.15) is 11.6 Å². The van der Waals surface area contributed by atoms with Gasteiger partial charge in [-0.05, 0) is 55.3 Å². The molecule has 1 N–H and O–H groups in total. The number of hydrogen-bond donors (Lipinski definition) is 1. The monoisotopic (exact) mass is 371 g/mol. The van der Waals surface area contributed by atoms with Gasteiger partial charge in [0.25, 0.3) is 0 Å². The number of amides is 1. The number of carbonyl (C=O) groups is 1. The molecular weight excluding hydrogens is 352 g/mol. The van der Waals surface area contributed by atoms with Gasteiger partial charge in [0.05, 0.1) is 18.5 Å². The maximum absolute atomic E-state index is 13.7. The van der Waals surface area contributed by atoms with E-state index < -0.39 is 5.82 Å². The number of nitrogens with zero attached hydrogens (tertiary/aromatic N) is 2. The number of halogens is 2. The summed E-state index contributed by atoms with van der Waals surface area (Å²) in [5.74, 6) is -0.373. The van der Waals surface area contributed by atoms with Crippen LogP contribution < -0.4 is 10.1 Å². The minimum Gasteiger partial charge on any atom is -0.494 e. The van der Waals surface area contributed by atoms with E-state index >= 15 is 0 Å². The third kappa shape index (κ3) is 4.49. The van der Waals surface area contributed by atoms with Crippen LogP contribution in [0.5, 0.6) is 5.75 Å². The molecule has 0 aliphatic rings. The Morgan fingerprint density at radius 1 is 1.15 bits per heavy atom. The van der Waals surface area contributed by atoms with E-state index in [4.69, 9.17) is 4.74 Å². The number of carbonyl (C=O) groups excluding carboxylic acids is 1. The summed E-state index contributed by atoms with van der Waals surface area (Å²) in [5.41, 5.74) is 2.05. The van der Waals surface area contributed by atoms with Crippen molar-refractivity contribution in [2.24, 2.45) is 0 Å². The van der Waals surface area contributed by atoms with E-state index in [2.05, 4.69) is 10.4 Å². The molecule has 3 rings (SSSR count). The second-order valence-electron chi connectivity index (χ2n) is 6.08. The van der Waals surface area contributed by atoms with Crippen molar-refractivity contribution in [3.05, 3.63) is 71.4 Å². The molecule has 2 aromatic carbocycles. The zero-order chi connectivity index (χ0) is 19.4. The first-order valence-corrected chi connectivity index (χ1v) is 8.41. The number of anilines is 1. The largest absolute Gasteiger partial charge is 0.494 e. The van der Waals surface area contributed by atoms with E-state index in [1.54, 1.807) is 35.9 Å². The zero-order valence-corrected chi connectivity index (χ0v) is 15.0. The first-order chi connectivity index (χ1) is 13.0. The minimum atomic E-state index is -0.458. The molecule has 0 saturated heterocycles. The molecule has 5 nitrogen and oxygen atoms in total. The van der Waals surface area contributed by atoms with E-state index in [-0.39, 0.29) is 23.9 Å². The van der Waals surface area contributed by atoms with Gasteiger partial charge in [-0.25, -0.2) is 13.5 Å². The summed E-state index contributed by atoms with van der Waals surface area (Å²) in [4.78, 5) is 12.3. The molecule has 0 aliphatic carbocycles. The van der Waals surface area contributed by atoms with Crippen molar-refractivity contribution in [2.45, 2.75) is 19.8 Å². The SMILES string of the molecule is COc1ccc(CCC(=O)Nc2cc(C)nn2-c2ccc(F)cc2)cc1F. The Kier molecular flexibility index (Phi) is 5.49. The van der Waals surface area contributed by atoms with E-state index in [1.807, 2.05) is 0 Å². The Balaban J connectivity index is 1.68. The standard InChI is InChI=1S/C20H19F2N3O2/c1-13-11-19(25(24-13)16-7-5-15(21)6-8-16)23-20(26)10-4-14-3-9-18(27-2)17(22)12-14/h3,5-9,11-12H,4,10H2,1-2H3,(H,23,26). The van der Waals surface area contributed by atoms with Crippen molar-refractivity contribution in [1.82, 2.24) is 9.78 Å². The summed E-state index contributed by atoms with van der Waals surface area (Å²) in [7, 11) is 1.40. The summed E-state index contributed by atoms with van der Waals surface area (Å²) >= 11 is 0. The lowest BCUT2D eigenvalue weighted by Crippen LogP contribution is -2.15. The number of hydrogen-bond acceptors (Lipinski definition) is 3. The van der Waals surface area contributed by atoms with Gasteiger partial charge in [-0.15, -0.1) is 0 Å². The Morgan fingerprint density at radius 2 is 1.89 bits per heavy atom. The van der Waals surface area contributed by atoms with Crippen LogP contribution in [0, 0.1) is 18.6 Å². The van der Waals surface area contributed by atoms with Crippen molar-refractivity contribution in [3.8, 4) is 11.4 Å². The molecule has 0 atom stereocenters. The molecule has 3 aromatic rings. The molecule has 0 spiro atoms. The van der Waals surface area contributed by atoms with E-state index in [1.165, 1.54) is 31.4 Å². The molecule has 0 fully saturated rings. The maximum Gasteiger partial charge on any atom is 0.225 e. The van der Waals surface area contributed by atoms with Crippen LogP contribution in [0.15, 0.2) is 48.5 Å². The van der Waals surface area contributed by atoms with Gasteiger partial charge in [0, 0.05) is 12.5 Å². The predicted molar refractivity (Wildman–Crippen MR) is 98.2 cm³/mol. The fraction of sp³-hybridized carbons (Fsp3) is 0.200. The third-order valence-electron chi connectivity index (χ3n) is 4.03. The molecule has 0 aliphatic heterocycles. The molecule has 1 heterocycles. The zero-order valence-electron chi connectivity index (χ0n) is 15.0. The highest BCUT2D eigenvalue weighted by molar-refractivity contribution is 5.90. The number of ether oxygens (including phenoxy) is 1. The predicted octanol–water partition coefficient (Wildman–Crippen LogP) is 4.04. The van der Waals surface area contributed by atoms with Gasteiger partial charge in [-0.3, -0.25) is 4.79 Å². The van der Waals surface area contributed by atoms with E-state index in [9.17, 15) is 13.6 Å². The number of aromatic nitrogens is 2. The Labute approximate surface area is 155 Å². The van der Waals surface area contributed by atoms with Crippen molar-refractivity contribution >= 4 is 11.7 Å².